The number of amides is 1. The van der Waals surface area contributed by atoms with Crippen molar-refractivity contribution in [3.8, 4) is 0 Å². The Morgan fingerprint density at radius 2 is 2.04 bits per heavy atom. The minimum absolute atomic E-state index is 0.0422. The summed E-state index contributed by atoms with van der Waals surface area (Å²) in [5.74, 6) is -1.85. The quantitative estimate of drug-likeness (QED) is 0.812. The Kier molecular flexibility index (Phi) is 2.61. The molecule has 1 aromatic heterocycles. The van der Waals surface area contributed by atoms with Crippen molar-refractivity contribution in [3.05, 3.63) is 35.5 Å². The van der Waals surface area contributed by atoms with Crippen LogP contribution in [0.1, 0.15) is 37.8 Å². The number of ketones is 2. The van der Waals surface area contributed by atoms with Gasteiger partial charge in [-0.15, -0.1) is 0 Å². The van der Waals surface area contributed by atoms with Crippen molar-refractivity contribution in [3.63, 3.8) is 0 Å². The Hall–Kier alpha value is -2.43. The van der Waals surface area contributed by atoms with Crippen LogP contribution >= 0.6 is 0 Å². The number of hydrogen-bond acceptors (Lipinski definition) is 3. The van der Waals surface area contributed by atoms with E-state index in [1.54, 1.807) is 4.90 Å². The summed E-state index contributed by atoms with van der Waals surface area (Å²) in [6, 6.07) is 5.70. The first-order valence-electron chi connectivity index (χ1n) is 8.80. The summed E-state index contributed by atoms with van der Waals surface area (Å²) < 4.78 is 0. The zero-order valence-corrected chi connectivity index (χ0v) is 14.5. The zero-order chi connectivity index (χ0) is 17.7. The Morgan fingerprint density at radius 3 is 2.76 bits per heavy atom. The molecule has 3 heterocycles. The average molecular weight is 336 g/mol. The van der Waals surface area contributed by atoms with E-state index in [0.29, 0.717) is 0 Å². The second-order valence-electron chi connectivity index (χ2n) is 8.17. The van der Waals surface area contributed by atoms with Crippen molar-refractivity contribution >= 4 is 28.4 Å². The van der Waals surface area contributed by atoms with Gasteiger partial charge >= 0.3 is 0 Å². The van der Waals surface area contributed by atoms with E-state index in [9.17, 15) is 14.4 Å². The van der Waals surface area contributed by atoms with Crippen LogP contribution in [-0.4, -0.2) is 38.9 Å². The van der Waals surface area contributed by atoms with Gasteiger partial charge in [0.1, 0.15) is 5.78 Å². The van der Waals surface area contributed by atoms with Gasteiger partial charge in [0.05, 0.1) is 6.04 Å². The van der Waals surface area contributed by atoms with Gasteiger partial charge in [0.2, 0.25) is 5.91 Å². The van der Waals surface area contributed by atoms with Crippen LogP contribution in [0, 0.1) is 11.8 Å². The minimum Gasteiger partial charge on any atom is -0.361 e. The normalized spacial score (nSPS) is 32.2. The molecule has 5 nitrogen and oxygen atoms in total. The maximum atomic E-state index is 13.0. The average Bonchev–Trinajstić information content (AvgIpc) is 3.14. The summed E-state index contributed by atoms with van der Waals surface area (Å²) >= 11 is 0. The zero-order valence-electron chi connectivity index (χ0n) is 14.5. The summed E-state index contributed by atoms with van der Waals surface area (Å²) in [6.07, 6.45) is 2.83. The Bertz CT molecular complexity index is 970. The molecule has 4 atom stereocenters. The fraction of sp³-hybridized carbons (Fsp3) is 0.450. The van der Waals surface area contributed by atoms with Crippen molar-refractivity contribution in [2.24, 2.45) is 11.8 Å². The number of aromatic amines is 1. The molecule has 0 unspecified atom stereocenters. The molecular weight excluding hydrogens is 316 g/mol. The first-order valence-corrected chi connectivity index (χ1v) is 8.80. The minimum atomic E-state index is -1.11. The molecule has 5 heteroatoms. The van der Waals surface area contributed by atoms with E-state index in [-0.39, 0.29) is 29.3 Å². The van der Waals surface area contributed by atoms with Crippen LogP contribution in [0.3, 0.4) is 0 Å². The third-order valence-corrected chi connectivity index (χ3v) is 6.67. The van der Waals surface area contributed by atoms with Gasteiger partial charge in [-0.3, -0.25) is 14.4 Å². The fourth-order valence-corrected chi connectivity index (χ4v) is 5.61. The second-order valence-corrected chi connectivity index (χ2v) is 8.17. The topological polar surface area (TPSA) is 70.2 Å². The highest BCUT2D eigenvalue weighted by Crippen LogP contribution is 2.57. The van der Waals surface area contributed by atoms with Crippen LogP contribution < -0.4 is 0 Å². The smallest absolute Gasteiger partial charge is 0.241 e. The molecule has 128 valence electrons. The van der Waals surface area contributed by atoms with E-state index in [1.165, 1.54) is 17.9 Å². The number of carbonyl (C=O) groups is 3. The Morgan fingerprint density at radius 1 is 1.28 bits per heavy atom. The van der Waals surface area contributed by atoms with Gasteiger partial charge in [0, 0.05) is 28.6 Å². The summed E-state index contributed by atoms with van der Waals surface area (Å²) in [4.78, 5) is 42.9. The highest BCUT2D eigenvalue weighted by atomic mass is 16.2. The third kappa shape index (κ3) is 1.57. The molecule has 0 bridgehead atoms. The molecule has 1 aromatic carbocycles. The molecule has 2 aromatic rings. The predicted molar refractivity (Wildman–Crippen MR) is 92.1 cm³/mol. The van der Waals surface area contributed by atoms with Gasteiger partial charge in [-0.1, -0.05) is 12.1 Å². The van der Waals surface area contributed by atoms with Crippen molar-refractivity contribution in [1.29, 1.82) is 0 Å². The standard InChI is InChI=1S/C20H20N2O3/c1-9(23)14-18(24)17-16-11-8-21-13-6-4-5-10(15(11)13)7-12(16)20(2,3)22(17)19(14)25/h4-6,8,12,14,16-17,21H,7H2,1-3H3/t12-,14-,16+,17+/m1/s1. The highest BCUT2D eigenvalue weighted by Gasteiger charge is 2.66. The van der Waals surface area contributed by atoms with E-state index < -0.39 is 17.5 Å². The molecule has 3 aliphatic rings. The molecule has 1 amide bonds. The fourth-order valence-electron chi connectivity index (χ4n) is 5.61. The van der Waals surface area contributed by atoms with E-state index in [1.807, 2.05) is 32.2 Å². The number of carbonyl (C=O) groups excluding carboxylic acids is 3. The van der Waals surface area contributed by atoms with E-state index >= 15 is 0 Å². The van der Waals surface area contributed by atoms with E-state index in [4.69, 9.17) is 0 Å². The highest BCUT2D eigenvalue weighted by molar-refractivity contribution is 6.24. The first kappa shape index (κ1) is 14.9. The molecule has 2 fully saturated rings. The van der Waals surface area contributed by atoms with Gasteiger partial charge in [-0.25, -0.2) is 0 Å². The lowest BCUT2D eigenvalue weighted by molar-refractivity contribution is -0.140. The lowest BCUT2D eigenvalue weighted by atomic mass is 9.68. The van der Waals surface area contributed by atoms with E-state index in [0.717, 1.165) is 17.5 Å². The number of nitrogens with zero attached hydrogens (tertiary/aromatic N) is 1. The van der Waals surface area contributed by atoms with Crippen molar-refractivity contribution in [2.75, 3.05) is 0 Å². The molecule has 5 rings (SSSR count). The van der Waals surface area contributed by atoms with Crippen molar-refractivity contribution < 1.29 is 14.4 Å². The number of Topliss-reactive ketones (excluding diaryl/α,β-unsaturated/α-hetero) is 2. The number of aromatic nitrogens is 1. The number of hydrogen-bond donors (Lipinski definition) is 1. The Balaban J connectivity index is 1.75. The van der Waals surface area contributed by atoms with E-state index in [2.05, 4.69) is 11.1 Å². The number of benzene rings is 1. The summed E-state index contributed by atoms with van der Waals surface area (Å²) in [5, 5.41) is 1.19. The molecule has 1 aliphatic carbocycles. The second kappa shape index (κ2) is 4.40. The number of rotatable bonds is 1. The monoisotopic (exact) mass is 336 g/mol. The maximum absolute atomic E-state index is 13.0. The predicted octanol–water partition coefficient (Wildman–Crippen LogP) is 2.20. The summed E-state index contributed by atoms with van der Waals surface area (Å²) in [5.41, 5.74) is 3.01. The van der Waals surface area contributed by atoms with Gasteiger partial charge in [0.15, 0.2) is 11.7 Å². The number of H-pyrrole nitrogens is 1. The van der Waals surface area contributed by atoms with Gasteiger partial charge in [0.25, 0.3) is 0 Å². The Labute approximate surface area is 145 Å². The van der Waals surface area contributed by atoms with Gasteiger partial charge < -0.3 is 9.88 Å². The van der Waals surface area contributed by atoms with Gasteiger partial charge in [-0.05, 0) is 50.3 Å². The van der Waals surface area contributed by atoms with Crippen LogP contribution in [0.4, 0.5) is 0 Å². The van der Waals surface area contributed by atoms with Crippen LogP contribution in [0.25, 0.3) is 10.9 Å². The molecule has 2 aliphatic heterocycles. The largest absolute Gasteiger partial charge is 0.361 e. The molecule has 0 saturated carbocycles. The maximum Gasteiger partial charge on any atom is 0.241 e. The number of nitrogens with one attached hydrogen (secondary N) is 1. The summed E-state index contributed by atoms with van der Waals surface area (Å²) in [6.45, 7) is 5.42. The molecule has 1 N–H and O–H groups in total. The summed E-state index contributed by atoms with van der Waals surface area (Å²) in [7, 11) is 0. The van der Waals surface area contributed by atoms with Crippen molar-refractivity contribution in [1.82, 2.24) is 9.88 Å². The van der Waals surface area contributed by atoms with Crippen LogP contribution in [0.15, 0.2) is 24.4 Å². The van der Waals surface area contributed by atoms with Crippen molar-refractivity contribution in [2.45, 2.75) is 44.7 Å². The molecule has 2 saturated heterocycles. The lowest BCUT2D eigenvalue weighted by Gasteiger charge is -2.37. The van der Waals surface area contributed by atoms with Crippen LogP contribution in [0.2, 0.25) is 0 Å². The SMILES string of the molecule is CC(=O)[C@@H]1C(=O)[C@@H]2[C@H]3c4c[nH]c5cccc(c45)C[C@H]3C(C)(C)N2C1=O. The van der Waals surface area contributed by atoms with Gasteiger partial charge in [-0.2, -0.15) is 0 Å². The molecule has 25 heavy (non-hydrogen) atoms. The van der Waals surface area contributed by atoms with Crippen LogP contribution in [-0.2, 0) is 20.8 Å². The number of fused-ring (bicyclic) bond motifs is 4. The molecule has 0 radical (unpaired) electrons. The lowest BCUT2D eigenvalue weighted by Crippen LogP contribution is -2.47. The first-order chi connectivity index (χ1) is 11.8. The molecule has 0 spiro atoms. The third-order valence-electron chi connectivity index (χ3n) is 6.67. The van der Waals surface area contributed by atoms with Crippen LogP contribution in [0.5, 0.6) is 0 Å². The molecular formula is C20H20N2O3.